The minimum absolute atomic E-state index is 0.305. The minimum Gasteiger partial charge on any atom is -0.381 e. The van der Waals surface area contributed by atoms with Gasteiger partial charge in [-0.1, -0.05) is 11.6 Å². The smallest absolute Gasteiger partial charge is 0.225 e. The van der Waals surface area contributed by atoms with Crippen molar-refractivity contribution in [3.8, 4) is 0 Å². The molecule has 0 bridgehead atoms. The molecule has 0 saturated carbocycles. The number of rotatable bonds is 4. The third-order valence-corrected chi connectivity index (χ3v) is 3.58. The van der Waals surface area contributed by atoms with E-state index in [9.17, 15) is 4.79 Å². The van der Waals surface area contributed by atoms with Crippen LogP contribution in [-0.4, -0.2) is 35.6 Å². The van der Waals surface area contributed by atoms with Crippen LogP contribution < -0.4 is 11.1 Å². The molecule has 2 heterocycles. The third kappa shape index (κ3) is 3.33. The molecule has 0 atom stereocenters. The molecule has 104 valence electrons. The lowest BCUT2D eigenvalue weighted by Crippen LogP contribution is -2.46. The first-order valence-electron chi connectivity index (χ1n) is 6.15. The van der Waals surface area contributed by atoms with Crippen molar-refractivity contribution in [2.75, 3.05) is 25.1 Å². The predicted molar refractivity (Wildman–Crippen MR) is 71.9 cm³/mol. The van der Waals surface area contributed by atoms with Gasteiger partial charge in [-0.15, -0.1) is 0 Å². The number of halogens is 1. The lowest BCUT2D eigenvalue weighted by atomic mass is 9.79. The quantitative estimate of drug-likeness (QED) is 0.809. The second-order valence-corrected chi connectivity index (χ2v) is 5.12. The zero-order valence-corrected chi connectivity index (χ0v) is 11.5. The minimum atomic E-state index is -0.580. The molecule has 0 unspecified atom stereocenters. The SMILES string of the molecule is Cc1nc(Cl)cc(NCC2(C(N)=O)CCOCC2)n1. The molecule has 1 amide bonds. The Hall–Kier alpha value is -1.40. The number of carbonyl (C=O) groups is 1. The number of aryl methyl sites for hydroxylation is 1. The number of nitrogens with two attached hydrogens (primary N) is 1. The van der Waals surface area contributed by atoms with E-state index in [1.165, 1.54) is 0 Å². The Labute approximate surface area is 116 Å². The summed E-state index contributed by atoms with van der Waals surface area (Å²) < 4.78 is 5.28. The molecule has 1 aromatic heterocycles. The van der Waals surface area contributed by atoms with Crippen molar-refractivity contribution in [3.63, 3.8) is 0 Å². The summed E-state index contributed by atoms with van der Waals surface area (Å²) in [5.41, 5.74) is 4.95. The van der Waals surface area contributed by atoms with Crippen LogP contribution in [0, 0.1) is 12.3 Å². The molecule has 1 aliphatic heterocycles. The molecule has 7 heteroatoms. The van der Waals surface area contributed by atoms with Gasteiger partial charge in [-0.3, -0.25) is 4.79 Å². The van der Waals surface area contributed by atoms with Gasteiger partial charge >= 0.3 is 0 Å². The number of anilines is 1. The monoisotopic (exact) mass is 284 g/mol. The number of aromatic nitrogens is 2. The van der Waals surface area contributed by atoms with Gasteiger partial charge < -0.3 is 15.8 Å². The van der Waals surface area contributed by atoms with Gasteiger partial charge in [0.1, 0.15) is 16.8 Å². The van der Waals surface area contributed by atoms with E-state index in [-0.39, 0.29) is 5.91 Å². The van der Waals surface area contributed by atoms with Crippen LogP contribution in [0.2, 0.25) is 5.15 Å². The van der Waals surface area contributed by atoms with E-state index in [1.807, 2.05) is 0 Å². The van der Waals surface area contributed by atoms with Crippen molar-refractivity contribution in [1.82, 2.24) is 9.97 Å². The van der Waals surface area contributed by atoms with E-state index >= 15 is 0 Å². The van der Waals surface area contributed by atoms with Crippen LogP contribution in [0.4, 0.5) is 5.82 Å². The topological polar surface area (TPSA) is 90.1 Å². The molecule has 6 nitrogen and oxygen atoms in total. The van der Waals surface area contributed by atoms with Gasteiger partial charge in [0.05, 0.1) is 5.41 Å². The van der Waals surface area contributed by atoms with Gasteiger partial charge in [0.25, 0.3) is 0 Å². The number of ether oxygens (including phenoxy) is 1. The van der Waals surface area contributed by atoms with Crippen LogP contribution in [0.1, 0.15) is 18.7 Å². The average Bonchev–Trinajstić information content (AvgIpc) is 2.36. The lowest BCUT2D eigenvalue weighted by Gasteiger charge is -2.34. The second-order valence-electron chi connectivity index (χ2n) is 4.73. The molecule has 0 spiro atoms. The fraction of sp³-hybridized carbons (Fsp3) is 0.583. The van der Waals surface area contributed by atoms with Crippen LogP contribution in [-0.2, 0) is 9.53 Å². The first kappa shape index (κ1) is 14.0. The highest BCUT2D eigenvalue weighted by Gasteiger charge is 2.38. The van der Waals surface area contributed by atoms with E-state index in [4.69, 9.17) is 22.1 Å². The van der Waals surface area contributed by atoms with E-state index in [2.05, 4.69) is 15.3 Å². The van der Waals surface area contributed by atoms with E-state index < -0.39 is 5.41 Å². The van der Waals surface area contributed by atoms with E-state index in [0.29, 0.717) is 49.4 Å². The summed E-state index contributed by atoms with van der Waals surface area (Å²) in [6.45, 7) is 3.29. The lowest BCUT2D eigenvalue weighted by molar-refractivity contribution is -0.132. The van der Waals surface area contributed by atoms with Gasteiger partial charge in [0.2, 0.25) is 5.91 Å². The Morgan fingerprint density at radius 1 is 1.53 bits per heavy atom. The van der Waals surface area contributed by atoms with Gasteiger partial charge in [-0.25, -0.2) is 9.97 Å². The molecule has 1 fully saturated rings. The molecule has 2 rings (SSSR count). The first-order valence-corrected chi connectivity index (χ1v) is 6.52. The highest BCUT2D eigenvalue weighted by molar-refractivity contribution is 6.29. The van der Waals surface area contributed by atoms with Gasteiger partial charge in [0.15, 0.2) is 0 Å². The summed E-state index contributed by atoms with van der Waals surface area (Å²) >= 11 is 5.87. The normalized spacial score (nSPS) is 18.0. The Morgan fingerprint density at radius 2 is 2.21 bits per heavy atom. The van der Waals surface area contributed by atoms with Gasteiger partial charge in [-0.05, 0) is 19.8 Å². The molecule has 1 aromatic rings. The summed E-state index contributed by atoms with van der Waals surface area (Å²) in [5, 5.41) is 3.50. The zero-order valence-electron chi connectivity index (χ0n) is 10.8. The number of primary amides is 1. The maximum absolute atomic E-state index is 11.7. The van der Waals surface area contributed by atoms with Crippen LogP contribution in [0.3, 0.4) is 0 Å². The van der Waals surface area contributed by atoms with Crippen molar-refractivity contribution < 1.29 is 9.53 Å². The van der Waals surface area contributed by atoms with Crippen molar-refractivity contribution in [2.45, 2.75) is 19.8 Å². The predicted octanol–water partition coefficient (Wildman–Crippen LogP) is 1.13. The fourth-order valence-electron chi connectivity index (χ4n) is 2.15. The van der Waals surface area contributed by atoms with Gasteiger partial charge in [0, 0.05) is 25.8 Å². The van der Waals surface area contributed by atoms with Crippen LogP contribution in [0.25, 0.3) is 0 Å². The standard InChI is InChI=1S/C12H17ClN4O2/c1-8-16-9(13)6-10(17-8)15-7-12(11(14)18)2-4-19-5-3-12/h6H,2-5,7H2,1H3,(H2,14,18)(H,15,16,17). The molecule has 19 heavy (non-hydrogen) atoms. The summed E-state index contributed by atoms with van der Waals surface area (Å²) in [5.74, 6) is 0.875. The van der Waals surface area contributed by atoms with Crippen LogP contribution in [0.5, 0.6) is 0 Å². The molecule has 0 aliphatic carbocycles. The van der Waals surface area contributed by atoms with Crippen molar-refractivity contribution in [1.29, 1.82) is 0 Å². The van der Waals surface area contributed by atoms with E-state index in [0.717, 1.165) is 0 Å². The first-order chi connectivity index (χ1) is 9.02. The summed E-state index contributed by atoms with van der Waals surface area (Å²) in [6.07, 6.45) is 1.24. The Kier molecular flexibility index (Phi) is 4.21. The zero-order chi connectivity index (χ0) is 13.9. The Bertz CT molecular complexity index is 455. The number of nitrogens with zero attached hydrogens (tertiary/aromatic N) is 2. The second kappa shape index (κ2) is 5.71. The maximum atomic E-state index is 11.7. The number of nitrogens with one attached hydrogen (secondary N) is 1. The Balaban J connectivity index is 2.08. The van der Waals surface area contributed by atoms with Crippen molar-refractivity contribution in [2.24, 2.45) is 11.1 Å². The third-order valence-electron chi connectivity index (χ3n) is 3.39. The molecule has 1 saturated heterocycles. The number of amides is 1. The molecular weight excluding hydrogens is 268 g/mol. The molecule has 3 N–H and O–H groups in total. The molecular formula is C12H17ClN4O2. The highest BCUT2D eigenvalue weighted by Crippen LogP contribution is 2.30. The average molecular weight is 285 g/mol. The number of hydrogen-bond acceptors (Lipinski definition) is 5. The van der Waals surface area contributed by atoms with Crippen molar-refractivity contribution in [3.05, 3.63) is 17.0 Å². The summed E-state index contributed by atoms with van der Waals surface area (Å²) in [7, 11) is 0. The maximum Gasteiger partial charge on any atom is 0.225 e. The van der Waals surface area contributed by atoms with Gasteiger partial charge in [-0.2, -0.15) is 0 Å². The highest BCUT2D eigenvalue weighted by atomic mass is 35.5. The van der Waals surface area contributed by atoms with E-state index in [1.54, 1.807) is 13.0 Å². The molecule has 0 radical (unpaired) electrons. The fourth-order valence-corrected chi connectivity index (χ4v) is 2.38. The van der Waals surface area contributed by atoms with Crippen molar-refractivity contribution >= 4 is 23.3 Å². The summed E-state index contributed by atoms with van der Waals surface area (Å²) in [6, 6.07) is 1.63. The number of hydrogen-bond donors (Lipinski definition) is 2. The molecule has 1 aliphatic rings. The molecule has 0 aromatic carbocycles. The largest absolute Gasteiger partial charge is 0.381 e. The Morgan fingerprint density at radius 3 is 2.79 bits per heavy atom. The van der Waals surface area contributed by atoms with Crippen LogP contribution in [0.15, 0.2) is 6.07 Å². The summed E-state index contributed by atoms with van der Waals surface area (Å²) in [4.78, 5) is 19.9. The van der Waals surface area contributed by atoms with Crippen LogP contribution >= 0.6 is 11.6 Å². The number of carbonyl (C=O) groups excluding carboxylic acids is 1.